The van der Waals surface area contributed by atoms with Crippen molar-refractivity contribution in [1.82, 2.24) is 10.3 Å². The first-order valence-electron chi connectivity index (χ1n) is 7.13. The molecule has 0 saturated heterocycles. The molecule has 1 aromatic carbocycles. The van der Waals surface area contributed by atoms with E-state index in [-0.39, 0.29) is 6.10 Å². The Kier molecular flexibility index (Phi) is 5.55. The molecule has 2 rings (SSSR count). The Balaban J connectivity index is 2.24. The second-order valence-electron chi connectivity index (χ2n) is 5.00. The second-order valence-corrected chi connectivity index (χ2v) is 5.85. The van der Waals surface area contributed by atoms with E-state index in [2.05, 4.69) is 31.2 Å². The lowest BCUT2D eigenvalue weighted by atomic mass is 10.1. The Morgan fingerprint density at radius 3 is 2.64 bits per heavy atom. The van der Waals surface area contributed by atoms with Gasteiger partial charge in [0.1, 0.15) is 6.10 Å². The fourth-order valence-corrected chi connectivity index (χ4v) is 2.34. The first kappa shape index (κ1) is 16.5. The molecular formula is C17H20BrN3O. The largest absolute Gasteiger partial charge is 0.469 e. The van der Waals surface area contributed by atoms with E-state index in [9.17, 15) is 0 Å². The minimum atomic E-state index is -0.0715. The number of ether oxygens (including phenoxy) is 1. The smallest absolute Gasteiger partial charge is 0.228 e. The van der Waals surface area contributed by atoms with E-state index in [1.165, 1.54) is 0 Å². The number of rotatable bonds is 4. The van der Waals surface area contributed by atoms with Crippen molar-refractivity contribution in [2.75, 3.05) is 7.05 Å². The predicted octanol–water partition coefficient (Wildman–Crippen LogP) is 4.56. The fourth-order valence-electron chi connectivity index (χ4n) is 1.94. The summed E-state index contributed by atoms with van der Waals surface area (Å²) < 4.78 is 6.77. The van der Waals surface area contributed by atoms with Gasteiger partial charge >= 0.3 is 0 Å². The van der Waals surface area contributed by atoms with Gasteiger partial charge in [-0.1, -0.05) is 30.3 Å². The van der Waals surface area contributed by atoms with Gasteiger partial charge < -0.3 is 10.1 Å². The maximum absolute atomic E-state index is 5.98. The zero-order valence-electron chi connectivity index (χ0n) is 13.2. The Bertz CT molecular complexity index is 671. The van der Waals surface area contributed by atoms with Crippen LogP contribution in [0.2, 0.25) is 0 Å². The Labute approximate surface area is 139 Å². The van der Waals surface area contributed by atoms with Gasteiger partial charge in [-0.25, -0.2) is 9.98 Å². The highest BCUT2D eigenvalue weighted by molar-refractivity contribution is 9.10. The lowest BCUT2D eigenvalue weighted by Crippen LogP contribution is -2.13. The first-order chi connectivity index (χ1) is 10.5. The molecule has 116 valence electrons. The van der Waals surface area contributed by atoms with Crippen LogP contribution in [0.4, 0.5) is 5.69 Å². The monoisotopic (exact) mass is 361 g/mol. The quantitative estimate of drug-likeness (QED) is 0.641. The van der Waals surface area contributed by atoms with Crippen LogP contribution in [0.1, 0.15) is 31.2 Å². The van der Waals surface area contributed by atoms with Crippen LogP contribution in [0.25, 0.3) is 0 Å². The van der Waals surface area contributed by atoms with Crippen LogP contribution >= 0.6 is 15.9 Å². The summed E-state index contributed by atoms with van der Waals surface area (Å²) in [6.45, 7) is 5.85. The van der Waals surface area contributed by atoms with Crippen LogP contribution in [0.15, 0.2) is 45.9 Å². The van der Waals surface area contributed by atoms with Crippen molar-refractivity contribution in [3.05, 3.63) is 52.1 Å². The molecule has 4 nitrogen and oxygen atoms in total. The second kappa shape index (κ2) is 7.40. The third kappa shape index (κ3) is 4.07. The molecule has 0 aliphatic rings. The lowest BCUT2D eigenvalue weighted by molar-refractivity contribution is 0.215. The Morgan fingerprint density at radius 1 is 1.32 bits per heavy atom. The average Bonchev–Trinajstić information content (AvgIpc) is 2.52. The van der Waals surface area contributed by atoms with Crippen molar-refractivity contribution in [3.63, 3.8) is 0 Å². The highest BCUT2D eigenvalue weighted by Crippen LogP contribution is 2.32. The normalized spacial score (nSPS) is 12.9. The molecule has 5 heteroatoms. The van der Waals surface area contributed by atoms with E-state index in [0.717, 1.165) is 27.3 Å². The molecule has 1 N–H and O–H groups in total. The van der Waals surface area contributed by atoms with E-state index in [1.54, 1.807) is 0 Å². The van der Waals surface area contributed by atoms with Gasteiger partial charge in [-0.05, 0) is 48.3 Å². The van der Waals surface area contributed by atoms with Crippen LogP contribution in [0.5, 0.6) is 5.88 Å². The van der Waals surface area contributed by atoms with Crippen LogP contribution in [-0.4, -0.2) is 17.9 Å². The number of hydrogen-bond acceptors (Lipinski definition) is 3. The number of amidine groups is 1. The van der Waals surface area contributed by atoms with Gasteiger partial charge in [0.25, 0.3) is 0 Å². The SMILES string of the molecule is CNC(C)=Nc1cc(Br)c(OC(C)c2ccccc2)nc1C. The number of hydrogen-bond donors (Lipinski definition) is 1. The van der Waals surface area contributed by atoms with Gasteiger partial charge in [-0.15, -0.1) is 0 Å². The van der Waals surface area contributed by atoms with Gasteiger partial charge in [0.05, 0.1) is 21.7 Å². The maximum atomic E-state index is 5.98. The molecule has 22 heavy (non-hydrogen) atoms. The fraction of sp³-hybridized carbons (Fsp3) is 0.294. The number of pyridine rings is 1. The lowest BCUT2D eigenvalue weighted by Gasteiger charge is -2.16. The number of halogens is 1. The van der Waals surface area contributed by atoms with E-state index >= 15 is 0 Å². The zero-order valence-corrected chi connectivity index (χ0v) is 14.8. The molecule has 1 heterocycles. The molecule has 0 saturated carbocycles. The predicted molar refractivity (Wildman–Crippen MR) is 94.0 cm³/mol. The first-order valence-corrected chi connectivity index (χ1v) is 7.92. The number of aryl methyl sites for hydroxylation is 1. The number of aromatic nitrogens is 1. The summed E-state index contributed by atoms with van der Waals surface area (Å²) >= 11 is 3.52. The molecule has 0 amide bonds. The van der Waals surface area contributed by atoms with Crippen molar-refractivity contribution in [1.29, 1.82) is 0 Å². The maximum Gasteiger partial charge on any atom is 0.228 e. The molecule has 1 aromatic heterocycles. The molecule has 0 aliphatic heterocycles. The number of nitrogens with zero attached hydrogens (tertiary/aromatic N) is 2. The summed E-state index contributed by atoms with van der Waals surface area (Å²) in [5, 5.41) is 3.00. The van der Waals surface area contributed by atoms with Crippen LogP contribution in [0.3, 0.4) is 0 Å². The summed E-state index contributed by atoms with van der Waals surface area (Å²) in [5.41, 5.74) is 2.76. The summed E-state index contributed by atoms with van der Waals surface area (Å²) in [5.74, 6) is 1.41. The van der Waals surface area contributed by atoms with Crippen molar-refractivity contribution in [3.8, 4) is 5.88 Å². The molecule has 0 spiro atoms. The van der Waals surface area contributed by atoms with Gasteiger partial charge in [0.15, 0.2) is 0 Å². The van der Waals surface area contributed by atoms with Crippen molar-refractivity contribution in [2.45, 2.75) is 26.9 Å². The van der Waals surface area contributed by atoms with Crippen LogP contribution in [-0.2, 0) is 0 Å². The van der Waals surface area contributed by atoms with E-state index in [4.69, 9.17) is 4.74 Å². The van der Waals surface area contributed by atoms with Crippen LogP contribution in [0, 0.1) is 6.92 Å². The van der Waals surface area contributed by atoms with Crippen molar-refractivity contribution in [2.24, 2.45) is 4.99 Å². The molecule has 1 atom stereocenters. The Hall–Kier alpha value is -1.88. The number of benzene rings is 1. The van der Waals surface area contributed by atoms with Crippen molar-refractivity contribution < 1.29 is 4.74 Å². The summed E-state index contributed by atoms with van der Waals surface area (Å²) in [4.78, 5) is 9.00. The summed E-state index contributed by atoms with van der Waals surface area (Å²) in [6.07, 6.45) is -0.0715. The minimum absolute atomic E-state index is 0.0715. The zero-order chi connectivity index (χ0) is 16.1. The molecular weight excluding hydrogens is 342 g/mol. The molecule has 0 fully saturated rings. The molecule has 2 aromatic rings. The minimum Gasteiger partial charge on any atom is -0.469 e. The third-order valence-corrected chi connectivity index (χ3v) is 3.88. The van der Waals surface area contributed by atoms with Crippen LogP contribution < -0.4 is 10.1 Å². The number of nitrogens with one attached hydrogen (secondary N) is 1. The third-order valence-electron chi connectivity index (χ3n) is 3.32. The van der Waals surface area contributed by atoms with E-state index < -0.39 is 0 Å². The molecule has 0 bridgehead atoms. The topological polar surface area (TPSA) is 46.5 Å². The van der Waals surface area contributed by atoms with E-state index in [0.29, 0.717) is 5.88 Å². The summed E-state index contributed by atoms with van der Waals surface area (Å²) in [6, 6.07) is 12.0. The summed E-state index contributed by atoms with van der Waals surface area (Å²) in [7, 11) is 1.84. The van der Waals surface area contributed by atoms with Gasteiger partial charge in [-0.3, -0.25) is 0 Å². The van der Waals surface area contributed by atoms with Crippen molar-refractivity contribution >= 4 is 27.5 Å². The van der Waals surface area contributed by atoms with E-state index in [1.807, 2.05) is 64.2 Å². The van der Waals surface area contributed by atoms with Gasteiger partial charge in [0.2, 0.25) is 5.88 Å². The molecule has 0 aliphatic carbocycles. The number of aliphatic imine (C=N–C) groups is 1. The van der Waals surface area contributed by atoms with Gasteiger partial charge in [-0.2, -0.15) is 0 Å². The average molecular weight is 362 g/mol. The standard InChI is InChI=1S/C17H20BrN3O/c1-11-16(21-13(3)19-4)10-15(18)17(20-11)22-12(2)14-8-6-5-7-9-14/h5-10,12H,1-4H3,(H,19,21). The molecule has 0 radical (unpaired) electrons. The Morgan fingerprint density at radius 2 is 2.00 bits per heavy atom. The highest BCUT2D eigenvalue weighted by atomic mass is 79.9. The molecule has 1 unspecified atom stereocenters. The highest BCUT2D eigenvalue weighted by Gasteiger charge is 2.13. The van der Waals surface area contributed by atoms with Gasteiger partial charge in [0, 0.05) is 7.05 Å².